The lowest BCUT2D eigenvalue weighted by atomic mass is 9.74. The number of ether oxygens (including phenoxy) is 1. The highest BCUT2D eigenvalue weighted by atomic mass is 19.4. The molecule has 1 aromatic carbocycles. The fourth-order valence-corrected chi connectivity index (χ4v) is 4.32. The number of rotatable bonds is 6. The number of hydrogen-bond donors (Lipinski definition) is 2. The maximum atomic E-state index is 13.4. The molecule has 1 atom stereocenters. The summed E-state index contributed by atoms with van der Waals surface area (Å²) in [6.07, 6.45) is -1.93. The molecule has 36 heavy (non-hydrogen) atoms. The smallest absolute Gasteiger partial charge is 0.405 e. The summed E-state index contributed by atoms with van der Waals surface area (Å²) in [4.78, 5) is 40.4. The molecule has 2 N–H and O–H groups in total. The molecule has 11 heteroatoms. The molecule has 2 fully saturated rings. The first-order valence-corrected chi connectivity index (χ1v) is 11.9. The summed E-state index contributed by atoms with van der Waals surface area (Å²) in [7, 11) is 0. The number of benzene rings is 1. The lowest BCUT2D eigenvalue weighted by Gasteiger charge is -2.46. The van der Waals surface area contributed by atoms with Gasteiger partial charge in [-0.05, 0) is 44.2 Å². The number of nitrogens with one attached hydrogen (secondary N) is 2. The van der Waals surface area contributed by atoms with Crippen LogP contribution >= 0.6 is 0 Å². The summed E-state index contributed by atoms with van der Waals surface area (Å²) in [5.41, 5.74) is -1.53. The average Bonchev–Trinajstić information content (AvgIpc) is 2.78. The largest absolute Gasteiger partial charge is 0.573 e. The van der Waals surface area contributed by atoms with E-state index >= 15 is 0 Å². The zero-order chi connectivity index (χ0) is 26.7. The highest BCUT2D eigenvalue weighted by Crippen LogP contribution is 2.36. The van der Waals surface area contributed by atoms with Gasteiger partial charge < -0.3 is 20.3 Å². The zero-order valence-corrected chi connectivity index (χ0v) is 20.6. The van der Waals surface area contributed by atoms with Crippen molar-refractivity contribution in [2.24, 2.45) is 11.3 Å². The standard InChI is InChI=1S/C25H31F3N4O4/c1-23(2,3)21(34)31-24(9-5-10-24)22(35)32-11-4-6-18(15-32)20(33)30-14-17-8-7-16(13-29)12-19(17)36-25(26,27)28/h7-8,12,18H,4-6,9-11,14-15H2,1-3H3,(H,30,33)(H,31,34)/t18-/m1/s1. The van der Waals surface area contributed by atoms with Crippen LogP contribution in [0.15, 0.2) is 18.2 Å². The van der Waals surface area contributed by atoms with E-state index < -0.39 is 34.9 Å². The predicted octanol–water partition coefficient (Wildman–Crippen LogP) is 3.40. The van der Waals surface area contributed by atoms with Gasteiger partial charge in [0.15, 0.2) is 0 Å². The highest BCUT2D eigenvalue weighted by molar-refractivity contribution is 5.94. The van der Waals surface area contributed by atoms with Gasteiger partial charge in [-0.1, -0.05) is 26.8 Å². The molecule has 0 bridgehead atoms. The molecular formula is C25H31F3N4O4. The maximum Gasteiger partial charge on any atom is 0.573 e. The van der Waals surface area contributed by atoms with Crippen molar-refractivity contribution in [3.8, 4) is 11.8 Å². The Morgan fingerprint density at radius 2 is 1.89 bits per heavy atom. The first-order chi connectivity index (χ1) is 16.7. The Hall–Kier alpha value is -3.29. The topological polar surface area (TPSA) is 112 Å². The van der Waals surface area contributed by atoms with Gasteiger partial charge in [-0.25, -0.2) is 0 Å². The van der Waals surface area contributed by atoms with Crippen LogP contribution < -0.4 is 15.4 Å². The number of likely N-dealkylation sites (tertiary alicyclic amines) is 1. The molecular weight excluding hydrogens is 477 g/mol. The Balaban J connectivity index is 1.64. The lowest BCUT2D eigenvalue weighted by Crippen LogP contribution is -2.66. The van der Waals surface area contributed by atoms with Crippen LogP contribution in [0.1, 0.15) is 64.0 Å². The van der Waals surface area contributed by atoms with Gasteiger partial charge in [-0.3, -0.25) is 14.4 Å². The fraction of sp³-hybridized carbons (Fsp3) is 0.600. The first kappa shape index (κ1) is 27.3. The van der Waals surface area contributed by atoms with Gasteiger partial charge in [-0.15, -0.1) is 13.2 Å². The van der Waals surface area contributed by atoms with Crippen molar-refractivity contribution in [3.63, 3.8) is 0 Å². The molecule has 0 spiro atoms. The van der Waals surface area contributed by atoms with E-state index in [0.29, 0.717) is 32.2 Å². The zero-order valence-electron chi connectivity index (χ0n) is 20.6. The molecule has 1 aliphatic carbocycles. The van der Waals surface area contributed by atoms with Crippen LogP contribution in [0.25, 0.3) is 0 Å². The molecule has 8 nitrogen and oxygen atoms in total. The summed E-state index contributed by atoms with van der Waals surface area (Å²) in [5, 5.41) is 14.5. The number of nitrogens with zero attached hydrogens (tertiary/aromatic N) is 2. The molecule has 0 radical (unpaired) electrons. The van der Waals surface area contributed by atoms with Gasteiger partial charge in [0.25, 0.3) is 0 Å². The molecule has 1 aliphatic heterocycles. The van der Waals surface area contributed by atoms with Crippen molar-refractivity contribution in [3.05, 3.63) is 29.3 Å². The van der Waals surface area contributed by atoms with Crippen LogP contribution in [0.5, 0.6) is 5.75 Å². The SMILES string of the molecule is CC(C)(C)C(=O)NC1(C(=O)N2CCC[C@@H](C(=O)NCc3ccc(C#N)cc3OC(F)(F)F)C2)CCC1. The number of alkyl halides is 3. The van der Waals surface area contributed by atoms with E-state index in [9.17, 15) is 27.6 Å². The third-order valence-electron chi connectivity index (χ3n) is 6.60. The molecule has 1 heterocycles. The van der Waals surface area contributed by atoms with Gasteiger partial charge in [-0.2, -0.15) is 5.26 Å². The van der Waals surface area contributed by atoms with Crippen molar-refractivity contribution in [1.82, 2.24) is 15.5 Å². The van der Waals surface area contributed by atoms with Crippen LogP contribution in [-0.4, -0.2) is 47.6 Å². The number of carbonyl (C=O) groups is 3. The third-order valence-corrected chi connectivity index (χ3v) is 6.60. The number of piperidine rings is 1. The van der Waals surface area contributed by atoms with Crippen LogP contribution in [-0.2, 0) is 20.9 Å². The Morgan fingerprint density at radius 3 is 2.44 bits per heavy atom. The summed E-state index contributed by atoms with van der Waals surface area (Å²) in [5.74, 6) is -1.89. The number of halogens is 3. The monoisotopic (exact) mass is 508 g/mol. The summed E-state index contributed by atoms with van der Waals surface area (Å²) < 4.78 is 42.4. The molecule has 1 saturated carbocycles. The van der Waals surface area contributed by atoms with Gasteiger partial charge in [0.1, 0.15) is 11.3 Å². The molecule has 0 unspecified atom stereocenters. The van der Waals surface area contributed by atoms with Gasteiger partial charge in [0, 0.05) is 30.6 Å². The van der Waals surface area contributed by atoms with Crippen LogP contribution in [0, 0.1) is 22.7 Å². The molecule has 3 rings (SSSR count). The van der Waals surface area contributed by atoms with Gasteiger partial charge in [0.05, 0.1) is 17.6 Å². The number of carbonyl (C=O) groups excluding carboxylic acids is 3. The second-order valence-corrected chi connectivity index (χ2v) is 10.4. The average molecular weight is 509 g/mol. The first-order valence-electron chi connectivity index (χ1n) is 11.9. The predicted molar refractivity (Wildman–Crippen MR) is 123 cm³/mol. The minimum absolute atomic E-state index is 0.00534. The normalized spacial score (nSPS) is 19.5. The fourth-order valence-electron chi connectivity index (χ4n) is 4.32. The Bertz CT molecular complexity index is 1050. The van der Waals surface area contributed by atoms with Crippen molar-refractivity contribution in [2.45, 2.75) is 71.3 Å². The van der Waals surface area contributed by atoms with E-state index in [1.165, 1.54) is 12.1 Å². The minimum atomic E-state index is -4.95. The molecule has 3 amide bonds. The Kier molecular flexibility index (Phi) is 7.86. The van der Waals surface area contributed by atoms with E-state index in [0.717, 1.165) is 12.5 Å². The maximum absolute atomic E-state index is 13.4. The van der Waals surface area contributed by atoms with E-state index in [4.69, 9.17) is 5.26 Å². The summed E-state index contributed by atoms with van der Waals surface area (Å²) >= 11 is 0. The number of nitriles is 1. The Labute approximate surface area is 208 Å². The van der Waals surface area contributed by atoms with Crippen molar-refractivity contribution < 1.29 is 32.3 Å². The summed E-state index contributed by atoms with van der Waals surface area (Å²) in [6, 6.07) is 5.37. The molecule has 1 aromatic rings. The minimum Gasteiger partial charge on any atom is -0.405 e. The van der Waals surface area contributed by atoms with Crippen molar-refractivity contribution >= 4 is 17.7 Å². The van der Waals surface area contributed by atoms with Gasteiger partial charge >= 0.3 is 6.36 Å². The van der Waals surface area contributed by atoms with E-state index in [2.05, 4.69) is 15.4 Å². The van der Waals surface area contributed by atoms with Crippen molar-refractivity contribution in [2.75, 3.05) is 13.1 Å². The number of hydrogen-bond acceptors (Lipinski definition) is 5. The van der Waals surface area contributed by atoms with E-state index in [1.54, 1.807) is 31.7 Å². The van der Waals surface area contributed by atoms with Crippen LogP contribution in [0.3, 0.4) is 0 Å². The molecule has 196 valence electrons. The second-order valence-electron chi connectivity index (χ2n) is 10.4. The van der Waals surface area contributed by atoms with E-state index in [1.807, 2.05) is 0 Å². The quantitative estimate of drug-likeness (QED) is 0.612. The lowest BCUT2D eigenvalue weighted by molar-refractivity contribution is -0.274. The highest BCUT2D eigenvalue weighted by Gasteiger charge is 2.49. The van der Waals surface area contributed by atoms with E-state index in [-0.39, 0.29) is 36.0 Å². The second kappa shape index (κ2) is 10.4. The molecule has 0 aromatic heterocycles. The number of amides is 3. The third kappa shape index (κ3) is 6.47. The van der Waals surface area contributed by atoms with Gasteiger partial charge in [0.2, 0.25) is 17.7 Å². The van der Waals surface area contributed by atoms with Crippen LogP contribution in [0.4, 0.5) is 13.2 Å². The van der Waals surface area contributed by atoms with Crippen molar-refractivity contribution in [1.29, 1.82) is 5.26 Å². The van der Waals surface area contributed by atoms with Crippen LogP contribution in [0.2, 0.25) is 0 Å². The molecule has 1 saturated heterocycles. The molecule has 2 aliphatic rings. The summed E-state index contributed by atoms with van der Waals surface area (Å²) in [6.45, 7) is 5.73. The Morgan fingerprint density at radius 1 is 1.19 bits per heavy atom.